The van der Waals surface area contributed by atoms with Gasteiger partial charge in [-0.2, -0.15) is 5.10 Å². The van der Waals surface area contributed by atoms with Crippen molar-refractivity contribution in [3.05, 3.63) is 33.9 Å². The third-order valence-electron chi connectivity index (χ3n) is 3.55. The fourth-order valence-corrected chi connectivity index (χ4v) is 2.17. The van der Waals surface area contributed by atoms with Crippen LogP contribution >= 0.6 is 0 Å². The second kappa shape index (κ2) is 12.4. The number of H-pyrrole nitrogens is 1. The first kappa shape index (κ1) is 27.4. The molecule has 5 N–H and O–H groups in total. The van der Waals surface area contributed by atoms with Gasteiger partial charge < -0.3 is 19.0 Å². The number of nitrogens with two attached hydrogens (primary N) is 1. The molecule has 2 aromatic rings. The number of alkyl carbamates (subject to hydrolysis) is 1. The van der Waals surface area contributed by atoms with Gasteiger partial charge in [0.15, 0.2) is 5.84 Å². The first-order chi connectivity index (χ1) is 15.4. The lowest BCUT2D eigenvalue weighted by molar-refractivity contribution is 0.0516. The summed E-state index contributed by atoms with van der Waals surface area (Å²) in [5.41, 5.74) is -0.445. The Labute approximate surface area is 190 Å². The highest BCUT2D eigenvalue weighted by molar-refractivity contribution is 6.03. The molecular formula is C19H31N7O7. The summed E-state index contributed by atoms with van der Waals surface area (Å²) in [5.74, 6) is 4.64. The van der Waals surface area contributed by atoms with Gasteiger partial charge in [-0.1, -0.05) is 0 Å². The molecule has 1 amide bonds. The number of amidine groups is 1. The van der Waals surface area contributed by atoms with E-state index in [0.29, 0.717) is 12.5 Å². The monoisotopic (exact) mass is 469 g/mol. The molecule has 2 rings (SSSR count). The molecule has 14 nitrogen and oxygen atoms in total. The van der Waals surface area contributed by atoms with Crippen LogP contribution in [0.5, 0.6) is 5.88 Å². The van der Waals surface area contributed by atoms with Gasteiger partial charge in [0.25, 0.3) is 5.56 Å². The largest absolute Gasteiger partial charge is 0.475 e. The summed E-state index contributed by atoms with van der Waals surface area (Å²) in [6.45, 7) is 7.71. The van der Waals surface area contributed by atoms with Crippen LogP contribution in [0.3, 0.4) is 0 Å². The molecule has 0 aromatic carbocycles. The number of ether oxygens (including phenoxy) is 3. The van der Waals surface area contributed by atoms with Crippen molar-refractivity contribution >= 4 is 17.9 Å². The number of nitrogens with zero attached hydrogens (tertiary/aromatic N) is 3. The van der Waals surface area contributed by atoms with Crippen LogP contribution in [0.2, 0.25) is 0 Å². The van der Waals surface area contributed by atoms with Crippen LogP contribution in [0.15, 0.2) is 16.9 Å². The highest BCUT2D eigenvalue weighted by Crippen LogP contribution is 2.12. The first-order valence-electron chi connectivity index (χ1n) is 9.88. The van der Waals surface area contributed by atoms with Crippen molar-refractivity contribution in [1.82, 2.24) is 24.9 Å². The lowest BCUT2D eigenvalue weighted by Crippen LogP contribution is -2.36. The minimum absolute atomic E-state index is 0.176. The maximum absolute atomic E-state index is 11.6. The summed E-state index contributed by atoms with van der Waals surface area (Å²) in [4.78, 5) is 37.8. The quantitative estimate of drug-likeness (QED) is 0.146. The zero-order valence-electron chi connectivity index (χ0n) is 19.6. The molecule has 0 aliphatic heterocycles. The highest BCUT2D eigenvalue weighted by Gasteiger charge is 2.19. The molecule has 0 atom stereocenters. The van der Waals surface area contributed by atoms with E-state index in [2.05, 4.69) is 25.1 Å². The van der Waals surface area contributed by atoms with Gasteiger partial charge in [-0.05, 0) is 27.7 Å². The molecule has 0 saturated carbocycles. The summed E-state index contributed by atoms with van der Waals surface area (Å²) in [6, 6.07) is 2.73. The van der Waals surface area contributed by atoms with Crippen LogP contribution in [-0.2, 0) is 28.4 Å². The molecule has 0 aliphatic rings. The van der Waals surface area contributed by atoms with Crippen LogP contribution in [0.25, 0.3) is 0 Å². The Morgan fingerprint density at radius 1 is 1.24 bits per heavy atom. The average Bonchev–Trinajstić information content (AvgIpc) is 3.23. The van der Waals surface area contributed by atoms with E-state index >= 15 is 0 Å². The molecule has 184 valence electrons. The standard InChI is InChI=1S/C12H21N5O4.C7H10N2O3/c1-12(2,3)21-11(18)15-10(13)8-7-9(17(4)16-8)19-5-6-20-14;1-3-12-7(11)5-4-6(10)9(2)8-5/h7H,5-6,14H2,1-4H3,(H2,13,15,18);4,8H,3H2,1-2H3. The van der Waals surface area contributed by atoms with E-state index in [9.17, 15) is 14.4 Å². The molecule has 0 spiro atoms. The van der Waals surface area contributed by atoms with Crippen molar-refractivity contribution in [2.75, 3.05) is 19.8 Å². The topological polar surface area (TPSA) is 189 Å². The minimum atomic E-state index is -0.711. The number of rotatable bonds is 7. The number of carbonyl (C=O) groups is 2. The third kappa shape index (κ3) is 9.57. The molecular weight excluding hydrogens is 438 g/mol. The summed E-state index contributed by atoms with van der Waals surface area (Å²) in [7, 11) is 3.19. The Hall–Kier alpha value is -3.65. The van der Waals surface area contributed by atoms with Crippen LogP contribution in [0, 0.1) is 5.41 Å². The van der Waals surface area contributed by atoms with Crippen LogP contribution in [0.4, 0.5) is 4.79 Å². The van der Waals surface area contributed by atoms with Gasteiger partial charge in [-0.3, -0.25) is 25.3 Å². The maximum Gasteiger partial charge on any atom is 0.413 e. The summed E-state index contributed by atoms with van der Waals surface area (Å²) >= 11 is 0. The van der Waals surface area contributed by atoms with Crippen LogP contribution in [-0.4, -0.2) is 62.9 Å². The van der Waals surface area contributed by atoms with E-state index in [1.54, 1.807) is 34.7 Å². The van der Waals surface area contributed by atoms with E-state index in [1.807, 2.05) is 0 Å². The number of amides is 1. The molecule has 0 aliphatic carbocycles. The fourth-order valence-electron chi connectivity index (χ4n) is 2.17. The van der Waals surface area contributed by atoms with Crippen molar-refractivity contribution in [2.45, 2.75) is 33.3 Å². The lowest BCUT2D eigenvalue weighted by atomic mass is 10.2. The molecule has 2 heterocycles. The number of hydrogen-bond donors (Lipinski definition) is 4. The molecule has 0 radical (unpaired) electrons. The minimum Gasteiger partial charge on any atom is -0.475 e. The van der Waals surface area contributed by atoms with Gasteiger partial charge >= 0.3 is 12.1 Å². The zero-order chi connectivity index (χ0) is 25.2. The van der Waals surface area contributed by atoms with Crippen molar-refractivity contribution < 1.29 is 28.6 Å². The zero-order valence-corrected chi connectivity index (χ0v) is 19.6. The summed E-state index contributed by atoms with van der Waals surface area (Å²) in [6.07, 6.45) is -0.711. The van der Waals surface area contributed by atoms with Crippen molar-refractivity contribution in [3.8, 4) is 5.88 Å². The molecule has 14 heteroatoms. The predicted molar refractivity (Wildman–Crippen MR) is 117 cm³/mol. The number of aromatic amines is 1. The van der Waals surface area contributed by atoms with Crippen molar-refractivity contribution in [3.63, 3.8) is 0 Å². The Balaban J connectivity index is 0.000000383. The Morgan fingerprint density at radius 3 is 2.42 bits per heavy atom. The van der Waals surface area contributed by atoms with E-state index in [0.717, 1.165) is 0 Å². The second-order valence-corrected chi connectivity index (χ2v) is 7.50. The molecule has 0 unspecified atom stereocenters. The number of esters is 1. The predicted octanol–water partition coefficient (Wildman–Crippen LogP) is 0.429. The highest BCUT2D eigenvalue weighted by atomic mass is 16.6. The SMILES string of the molecule is CCOC(=O)c1cc(=O)n(C)[nH]1.Cn1nc(C(=N)NC(=O)OC(C)(C)C)cc1OCCON. The summed E-state index contributed by atoms with van der Waals surface area (Å²) < 4.78 is 17.7. The molecule has 0 saturated heterocycles. The molecule has 0 bridgehead atoms. The number of aromatic nitrogens is 4. The Morgan fingerprint density at radius 2 is 1.91 bits per heavy atom. The van der Waals surface area contributed by atoms with Gasteiger partial charge in [0.05, 0.1) is 6.61 Å². The fraction of sp³-hybridized carbons (Fsp3) is 0.526. The van der Waals surface area contributed by atoms with E-state index in [-0.39, 0.29) is 36.0 Å². The second-order valence-electron chi connectivity index (χ2n) is 7.50. The number of nitrogens with one attached hydrogen (secondary N) is 3. The van der Waals surface area contributed by atoms with Gasteiger partial charge in [-0.15, -0.1) is 0 Å². The van der Waals surface area contributed by atoms with Gasteiger partial charge in [0.2, 0.25) is 5.88 Å². The van der Waals surface area contributed by atoms with Gasteiger partial charge in [0.1, 0.15) is 30.2 Å². The van der Waals surface area contributed by atoms with E-state index < -0.39 is 17.7 Å². The average molecular weight is 469 g/mol. The Bertz CT molecular complexity index is 1000. The normalized spacial score (nSPS) is 10.6. The van der Waals surface area contributed by atoms with E-state index in [4.69, 9.17) is 20.8 Å². The van der Waals surface area contributed by atoms with Crippen molar-refractivity contribution in [2.24, 2.45) is 20.0 Å². The molecule has 2 aromatic heterocycles. The van der Waals surface area contributed by atoms with Crippen LogP contribution in [0.1, 0.15) is 43.9 Å². The molecule has 0 fully saturated rings. The van der Waals surface area contributed by atoms with Gasteiger partial charge in [-0.25, -0.2) is 20.2 Å². The number of carbonyl (C=O) groups excluding carboxylic acids is 2. The smallest absolute Gasteiger partial charge is 0.413 e. The number of aryl methyl sites for hydroxylation is 2. The van der Waals surface area contributed by atoms with Crippen molar-refractivity contribution in [1.29, 1.82) is 5.41 Å². The van der Waals surface area contributed by atoms with Crippen LogP contribution < -0.4 is 21.5 Å². The van der Waals surface area contributed by atoms with Gasteiger partial charge in [0, 0.05) is 26.2 Å². The first-order valence-corrected chi connectivity index (χ1v) is 9.88. The van der Waals surface area contributed by atoms with E-state index in [1.165, 1.54) is 28.5 Å². The lowest BCUT2D eigenvalue weighted by Gasteiger charge is -2.19. The Kier molecular flexibility index (Phi) is 10.3. The number of hydrogen-bond acceptors (Lipinski definition) is 10. The molecule has 33 heavy (non-hydrogen) atoms. The summed E-state index contributed by atoms with van der Waals surface area (Å²) in [5, 5.41) is 16.7. The third-order valence-corrected chi connectivity index (χ3v) is 3.55. The maximum atomic E-state index is 11.6.